The van der Waals surface area contributed by atoms with E-state index >= 15 is 0 Å². The molecule has 0 bridgehead atoms. The molecule has 1 atom stereocenters. The van der Waals surface area contributed by atoms with Gasteiger partial charge in [0.1, 0.15) is 11.0 Å². The van der Waals surface area contributed by atoms with Crippen molar-refractivity contribution in [2.45, 2.75) is 36.0 Å². The number of thioether (sulfide) groups is 1. The lowest BCUT2D eigenvalue weighted by atomic mass is 9.99. The van der Waals surface area contributed by atoms with Crippen molar-refractivity contribution in [2.75, 3.05) is 6.26 Å². The van der Waals surface area contributed by atoms with Crippen LogP contribution in [-0.2, 0) is 14.4 Å². The fourth-order valence-electron chi connectivity index (χ4n) is 2.21. The summed E-state index contributed by atoms with van der Waals surface area (Å²) in [6, 6.07) is 15.4. The monoisotopic (exact) mass is 388 g/mol. The average molecular weight is 389 g/mol. The second-order valence-corrected chi connectivity index (χ2v) is 8.10. The number of rotatable bonds is 7. The Labute approximate surface area is 158 Å². The van der Waals surface area contributed by atoms with Crippen LogP contribution in [0.2, 0.25) is 0 Å². The smallest absolute Gasteiger partial charge is 0.263 e. The van der Waals surface area contributed by atoms with E-state index in [4.69, 9.17) is 4.28 Å². The highest BCUT2D eigenvalue weighted by Gasteiger charge is 2.17. The van der Waals surface area contributed by atoms with Crippen molar-refractivity contribution in [3.05, 3.63) is 59.7 Å². The van der Waals surface area contributed by atoms with Gasteiger partial charge in [0.05, 0.1) is 0 Å². The third kappa shape index (κ3) is 4.87. The average Bonchev–Trinajstić information content (AvgIpc) is 2.68. The molecule has 0 fully saturated rings. The Balaban J connectivity index is 2.21. The maximum absolute atomic E-state index is 12.3. The lowest BCUT2D eigenvalue weighted by molar-refractivity contribution is 0.339. The SMILES string of the molecule is CCC(C)c1ccc(S(=O)(=O)ON=C(C#N)c2ccc(SC)cc2)cc1. The van der Waals surface area contributed by atoms with E-state index in [-0.39, 0.29) is 10.6 Å². The molecule has 0 saturated carbocycles. The fourth-order valence-corrected chi connectivity index (χ4v) is 3.35. The van der Waals surface area contributed by atoms with Crippen LogP contribution < -0.4 is 0 Å². The quantitative estimate of drug-likeness (QED) is 0.395. The highest BCUT2D eigenvalue weighted by molar-refractivity contribution is 7.98. The summed E-state index contributed by atoms with van der Waals surface area (Å²) in [6.07, 6.45) is 2.91. The lowest BCUT2D eigenvalue weighted by Crippen LogP contribution is -2.06. The minimum Gasteiger partial charge on any atom is -0.263 e. The predicted molar refractivity (Wildman–Crippen MR) is 104 cm³/mol. The Morgan fingerprint density at radius 3 is 2.31 bits per heavy atom. The summed E-state index contributed by atoms with van der Waals surface area (Å²) < 4.78 is 29.3. The molecule has 0 saturated heterocycles. The van der Waals surface area contributed by atoms with Crippen LogP contribution in [0, 0.1) is 11.3 Å². The second-order valence-electron chi connectivity index (χ2n) is 5.69. The van der Waals surface area contributed by atoms with Gasteiger partial charge in [0.2, 0.25) is 0 Å². The molecule has 2 rings (SSSR count). The van der Waals surface area contributed by atoms with E-state index in [0.717, 1.165) is 16.9 Å². The Kier molecular flexibility index (Phi) is 6.83. The molecule has 0 aliphatic heterocycles. The van der Waals surface area contributed by atoms with E-state index in [1.165, 1.54) is 12.1 Å². The van der Waals surface area contributed by atoms with Crippen LogP contribution in [0.4, 0.5) is 0 Å². The van der Waals surface area contributed by atoms with Crippen molar-refractivity contribution in [1.82, 2.24) is 0 Å². The molecule has 2 aromatic rings. The topological polar surface area (TPSA) is 79.5 Å². The van der Waals surface area contributed by atoms with Crippen molar-refractivity contribution < 1.29 is 12.7 Å². The number of oxime groups is 1. The lowest BCUT2D eigenvalue weighted by Gasteiger charge is -2.09. The van der Waals surface area contributed by atoms with Gasteiger partial charge in [-0.3, -0.25) is 4.28 Å². The maximum Gasteiger partial charge on any atom is 0.358 e. The fraction of sp³-hybridized carbons (Fsp3) is 0.263. The molecule has 0 spiro atoms. The zero-order chi connectivity index (χ0) is 19.2. The van der Waals surface area contributed by atoms with Gasteiger partial charge in [0, 0.05) is 10.5 Å². The Morgan fingerprint density at radius 2 is 1.81 bits per heavy atom. The van der Waals surface area contributed by atoms with Crippen LogP contribution in [0.1, 0.15) is 37.3 Å². The van der Waals surface area contributed by atoms with Gasteiger partial charge in [-0.05, 0) is 48.4 Å². The van der Waals surface area contributed by atoms with E-state index in [1.54, 1.807) is 36.0 Å². The predicted octanol–water partition coefficient (Wildman–Crippen LogP) is 4.56. The van der Waals surface area contributed by atoms with Crippen LogP contribution in [0.5, 0.6) is 0 Å². The Bertz CT molecular complexity index is 913. The molecule has 0 heterocycles. The summed E-state index contributed by atoms with van der Waals surface area (Å²) >= 11 is 1.57. The molecule has 0 aliphatic rings. The molecular weight excluding hydrogens is 368 g/mol. The first-order chi connectivity index (χ1) is 12.4. The highest BCUT2D eigenvalue weighted by Crippen LogP contribution is 2.22. The minimum absolute atomic E-state index is 0.00308. The van der Waals surface area contributed by atoms with E-state index in [9.17, 15) is 13.7 Å². The van der Waals surface area contributed by atoms with Crippen molar-refractivity contribution in [3.8, 4) is 6.07 Å². The number of hydrogen-bond acceptors (Lipinski definition) is 6. The van der Waals surface area contributed by atoms with E-state index in [2.05, 4.69) is 19.0 Å². The highest BCUT2D eigenvalue weighted by atomic mass is 32.2. The molecule has 0 aliphatic carbocycles. The first-order valence-electron chi connectivity index (χ1n) is 8.07. The first-order valence-corrected chi connectivity index (χ1v) is 10.7. The summed E-state index contributed by atoms with van der Waals surface area (Å²) in [5.41, 5.74) is 1.45. The molecule has 0 aromatic heterocycles. The molecule has 7 heteroatoms. The summed E-state index contributed by atoms with van der Waals surface area (Å²) in [5.74, 6) is 0.347. The van der Waals surface area contributed by atoms with E-state index in [0.29, 0.717) is 11.5 Å². The molecule has 2 aromatic carbocycles. The summed E-state index contributed by atoms with van der Waals surface area (Å²) in [6.45, 7) is 4.15. The third-order valence-electron chi connectivity index (χ3n) is 4.05. The minimum atomic E-state index is -4.08. The molecule has 0 N–H and O–H groups in total. The molecular formula is C19H20N2O3S2. The number of benzene rings is 2. The zero-order valence-electron chi connectivity index (χ0n) is 14.8. The van der Waals surface area contributed by atoms with Crippen LogP contribution >= 0.6 is 11.8 Å². The van der Waals surface area contributed by atoms with Gasteiger partial charge < -0.3 is 0 Å². The maximum atomic E-state index is 12.3. The van der Waals surface area contributed by atoms with Crippen molar-refractivity contribution in [3.63, 3.8) is 0 Å². The standard InChI is InChI=1S/C19H20N2O3S2/c1-4-14(2)15-7-11-18(12-8-15)26(22,23)24-21-19(13-20)16-5-9-17(25-3)10-6-16/h5-12,14H,4H2,1-3H3. The van der Waals surface area contributed by atoms with Gasteiger partial charge >= 0.3 is 10.1 Å². The van der Waals surface area contributed by atoms with Crippen LogP contribution in [0.15, 0.2) is 63.5 Å². The third-order valence-corrected chi connectivity index (χ3v) is 5.91. The van der Waals surface area contributed by atoms with Crippen LogP contribution in [-0.4, -0.2) is 20.4 Å². The van der Waals surface area contributed by atoms with Gasteiger partial charge in [0.25, 0.3) is 0 Å². The Morgan fingerprint density at radius 1 is 1.19 bits per heavy atom. The van der Waals surface area contributed by atoms with Gasteiger partial charge in [-0.1, -0.05) is 43.3 Å². The summed E-state index contributed by atoms with van der Waals surface area (Å²) in [4.78, 5) is 1.03. The van der Waals surface area contributed by atoms with Gasteiger partial charge in [-0.15, -0.1) is 11.8 Å². The van der Waals surface area contributed by atoms with Gasteiger partial charge in [-0.2, -0.15) is 13.7 Å². The zero-order valence-corrected chi connectivity index (χ0v) is 16.5. The number of nitriles is 1. The number of nitrogens with zero attached hydrogens (tertiary/aromatic N) is 2. The Hall–Kier alpha value is -2.30. The van der Waals surface area contributed by atoms with Crippen molar-refractivity contribution >= 4 is 27.6 Å². The van der Waals surface area contributed by atoms with Crippen molar-refractivity contribution in [1.29, 1.82) is 5.26 Å². The van der Waals surface area contributed by atoms with Crippen molar-refractivity contribution in [2.24, 2.45) is 5.16 Å². The largest absolute Gasteiger partial charge is 0.358 e. The molecule has 5 nitrogen and oxygen atoms in total. The summed E-state index contributed by atoms with van der Waals surface area (Å²) in [5, 5.41) is 12.8. The molecule has 1 unspecified atom stereocenters. The first kappa shape index (κ1) is 20.0. The van der Waals surface area contributed by atoms with Gasteiger partial charge in [0.15, 0.2) is 5.71 Å². The van der Waals surface area contributed by atoms with Crippen LogP contribution in [0.3, 0.4) is 0 Å². The van der Waals surface area contributed by atoms with E-state index < -0.39 is 10.1 Å². The van der Waals surface area contributed by atoms with Crippen LogP contribution in [0.25, 0.3) is 0 Å². The molecule has 136 valence electrons. The van der Waals surface area contributed by atoms with E-state index in [1.807, 2.05) is 24.5 Å². The van der Waals surface area contributed by atoms with Gasteiger partial charge in [-0.25, -0.2) is 0 Å². The molecule has 0 amide bonds. The molecule has 0 radical (unpaired) electrons. The summed E-state index contributed by atoms with van der Waals surface area (Å²) in [7, 11) is -4.08. The number of hydrogen-bond donors (Lipinski definition) is 0. The molecule has 26 heavy (non-hydrogen) atoms. The second kappa shape index (κ2) is 8.88. The normalized spacial score (nSPS) is 13.1.